The first kappa shape index (κ1) is 23.5. The molecular weight excluding hydrogens is 452 g/mol. The van der Waals surface area contributed by atoms with Crippen LogP contribution in [0.3, 0.4) is 0 Å². The molecule has 0 spiro atoms. The van der Waals surface area contributed by atoms with Crippen LogP contribution in [-0.2, 0) is 17.8 Å². The number of thiazole rings is 1. The molecule has 172 valence electrons. The first-order chi connectivity index (χ1) is 15.7. The zero-order valence-corrected chi connectivity index (χ0v) is 21.3. The van der Waals surface area contributed by atoms with E-state index in [-0.39, 0.29) is 5.91 Å². The van der Waals surface area contributed by atoms with Crippen molar-refractivity contribution in [2.75, 3.05) is 11.4 Å². The van der Waals surface area contributed by atoms with E-state index in [1.165, 1.54) is 16.9 Å². The van der Waals surface area contributed by atoms with Crippen molar-refractivity contribution in [3.05, 3.63) is 75.6 Å². The lowest BCUT2D eigenvalue weighted by Gasteiger charge is -2.20. The maximum Gasteiger partial charge on any atom is 0.233 e. The molecule has 0 fully saturated rings. The summed E-state index contributed by atoms with van der Waals surface area (Å²) >= 11 is 7.77. The molecule has 1 amide bonds. The van der Waals surface area contributed by atoms with Crippen LogP contribution >= 0.6 is 22.9 Å². The third kappa shape index (κ3) is 5.28. The van der Waals surface area contributed by atoms with Gasteiger partial charge in [0.25, 0.3) is 0 Å². The fraction of sp³-hybridized carbons (Fsp3) is 0.346. The molecule has 2 heterocycles. The maximum absolute atomic E-state index is 13.5. The number of rotatable bonds is 7. The predicted molar refractivity (Wildman–Crippen MR) is 138 cm³/mol. The Kier molecular flexibility index (Phi) is 6.86. The summed E-state index contributed by atoms with van der Waals surface area (Å²) in [6, 6.07) is 14.2. The lowest BCUT2D eigenvalue weighted by molar-refractivity contribution is -0.118. The van der Waals surface area contributed by atoms with Gasteiger partial charge in [-0.2, -0.15) is 5.10 Å². The quantitative estimate of drug-likeness (QED) is 0.304. The molecule has 4 rings (SSSR count). The van der Waals surface area contributed by atoms with Crippen LogP contribution in [0.4, 0.5) is 5.13 Å². The molecule has 0 unspecified atom stereocenters. The molecule has 0 aliphatic rings. The topological polar surface area (TPSA) is 51.0 Å². The minimum atomic E-state index is 0.0247. The van der Waals surface area contributed by atoms with E-state index in [9.17, 15) is 4.79 Å². The van der Waals surface area contributed by atoms with Crippen molar-refractivity contribution in [3.63, 3.8) is 0 Å². The van der Waals surface area contributed by atoms with E-state index in [1.54, 1.807) is 4.90 Å². The number of aryl methyl sites for hydroxylation is 3. The van der Waals surface area contributed by atoms with Crippen LogP contribution in [-0.4, -0.2) is 27.2 Å². The van der Waals surface area contributed by atoms with Crippen LogP contribution < -0.4 is 4.90 Å². The summed E-state index contributed by atoms with van der Waals surface area (Å²) in [5.74, 6) is 0.487. The molecule has 0 atom stereocenters. The van der Waals surface area contributed by atoms with E-state index >= 15 is 0 Å². The number of carbonyl (C=O) groups is 1. The monoisotopic (exact) mass is 480 g/mol. The summed E-state index contributed by atoms with van der Waals surface area (Å²) in [5, 5.41) is 5.93. The predicted octanol–water partition coefficient (Wildman–Crippen LogP) is 6.47. The molecule has 0 N–H and O–H groups in total. The SMILES string of the molecule is Cc1cc(C)n(CCN(C(=O)Cc2ccc(C(C)C)cc2)c2nc3c(C)cc(Cl)cc3s2)n1. The van der Waals surface area contributed by atoms with E-state index in [4.69, 9.17) is 16.6 Å². The second-order valence-corrected chi connectivity index (χ2v) is 10.3. The molecule has 2 aromatic carbocycles. The van der Waals surface area contributed by atoms with Crippen LogP contribution in [0, 0.1) is 20.8 Å². The van der Waals surface area contributed by atoms with Crippen LogP contribution in [0.15, 0.2) is 42.5 Å². The van der Waals surface area contributed by atoms with Gasteiger partial charge >= 0.3 is 0 Å². The Balaban J connectivity index is 1.63. The highest BCUT2D eigenvalue weighted by molar-refractivity contribution is 7.22. The number of benzene rings is 2. The van der Waals surface area contributed by atoms with Crippen molar-refractivity contribution < 1.29 is 4.79 Å². The van der Waals surface area contributed by atoms with E-state index in [2.05, 4.69) is 43.2 Å². The molecule has 2 aromatic heterocycles. The fourth-order valence-electron chi connectivity index (χ4n) is 3.97. The van der Waals surface area contributed by atoms with Gasteiger partial charge in [0.15, 0.2) is 5.13 Å². The van der Waals surface area contributed by atoms with E-state index in [1.807, 2.05) is 43.7 Å². The summed E-state index contributed by atoms with van der Waals surface area (Å²) < 4.78 is 2.93. The normalized spacial score (nSPS) is 11.5. The number of hydrogen-bond acceptors (Lipinski definition) is 4. The highest BCUT2D eigenvalue weighted by Crippen LogP contribution is 2.33. The van der Waals surface area contributed by atoms with E-state index < -0.39 is 0 Å². The molecule has 4 aromatic rings. The Labute approximate surface area is 204 Å². The fourth-order valence-corrected chi connectivity index (χ4v) is 5.44. The van der Waals surface area contributed by atoms with Crippen molar-refractivity contribution in [2.24, 2.45) is 0 Å². The lowest BCUT2D eigenvalue weighted by atomic mass is 10.0. The summed E-state index contributed by atoms with van der Waals surface area (Å²) in [6.45, 7) is 11.4. The molecule has 0 saturated carbocycles. The molecule has 0 bridgehead atoms. The molecule has 5 nitrogen and oxygen atoms in total. The second kappa shape index (κ2) is 9.65. The number of hydrogen-bond donors (Lipinski definition) is 0. The Hall–Kier alpha value is -2.70. The molecule has 0 aliphatic carbocycles. The first-order valence-corrected chi connectivity index (χ1v) is 12.4. The first-order valence-electron chi connectivity index (χ1n) is 11.2. The van der Waals surface area contributed by atoms with Gasteiger partial charge in [-0.25, -0.2) is 4.98 Å². The Morgan fingerprint density at radius 3 is 2.48 bits per heavy atom. The standard InChI is InChI=1S/C26H29ClN4OS/c1-16(2)21-8-6-20(7-9-21)14-24(32)30(10-11-31-19(5)13-18(4)29-31)26-28-25-17(3)12-22(27)15-23(25)33-26/h6-9,12-13,15-16H,10-11,14H2,1-5H3. The summed E-state index contributed by atoms with van der Waals surface area (Å²) in [5.41, 5.74) is 6.23. The lowest BCUT2D eigenvalue weighted by Crippen LogP contribution is -2.35. The van der Waals surface area contributed by atoms with Gasteiger partial charge in [0.05, 0.1) is 28.9 Å². The third-order valence-electron chi connectivity index (χ3n) is 5.81. The minimum Gasteiger partial charge on any atom is -0.286 e. The van der Waals surface area contributed by atoms with Crippen LogP contribution in [0.5, 0.6) is 0 Å². The smallest absolute Gasteiger partial charge is 0.233 e. The Morgan fingerprint density at radius 2 is 1.85 bits per heavy atom. The highest BCUT2D eigenvalue weighted by atomic mass is 35.5. The van der Waals surface area contributed by atoms with Gasteiger partial charge in [0.1, 0.15) is 0 Å². The van der Waals surface area contributed by atoms with E-state index in [0.717, 1.165) is 32.7 Å². The molecule has 33 heavy (non-hydrogen) atoms. The summed E-state index contributed by atoms with van der Waals surface area (Å²) in [6.07, 6.45) is 0.325. The number of fused-ring (bicyclic) bond motifs is 1. The van der Waals surface area contributed by atoms with E-state index in [0.29, 0.717) is 35.6 Å². The third-order valence-corrected chi connectivity index (χ3v) is 7.06. The van der Waals surface area contributed by atoms with Gasteiger partial charge < -0.3 is 0 Å². The average Bonchev–Trinajstić information content (AvgIpc) is 3.31. The molecular formula is C26H29ClN4OS. The van der Waals surface area contributed by atoms with Crippen LogP contribution in [0.25, 0.3) is 10.2 Å². The number of anilines is 1. The van der Waals surface area contributed by atoms with Gasteiger partial charge in [-0.1, -0.05) is 61.1 Å². The summed E-state index contributed by atoms with van der Waals surface area (Å²) in [4.78, 5) is 20.1. The zero-order chi connectivity index (χ0) is 23.7. The minimum absolute atomic E-state index is 0.0247. The van der Waals surface area contributed by atoms with Crippen molar-refractivity contribution in [2.45, 2.75) is 53.5 Å². The van der Waals surface area contributed by atoms with Gasteiger partial charge in [0, 0.05) is 17.3 Å². The average molecular weight is 481 g/mol. The molecule has 0 saturated heterocycles. The number of amides is 1. The number of nitrogens with zero attached hydrogens (tertiary/aromatic N) is 4. The van der Waals surface area contributed by atoms with Crippen LogP contribution in [0.1, 0.15) is 47.8 Å². The Morgan fingerprint density at radius 1 is 1.12 bits per heavy atom. The Bertz CT molecular complexity index is 1290. The van der Waals surface area contributed by atoms with Gasteiger partial charge in [-0.05, 0) is 61.6 Å². The summed E-state index contributed by atoms with van der Waals surface area (Å²) in [7, 11) is 0. The van der Waals surface area contributed by atoms with Crippen molar-refractivity contribution >= 4 is 44.2 Å². The number of carbonyl (C=O) groups excluding carboxylic acids is 1. The van der Waals surface area contributed by atoms with Gasteiger partial charge in [-0.3, -0.25) is 14.4 Å². The molecule has 0 radical (unpaired) electrons. The second-order valence-electron chi connectivity index (χ2n) is 8.83. The zero-order valence-electron chi connectivity index (χ0n) is 19.7. The van der Waals surface area contributed by atoms with Gasteiger partial charge in [-0.15, -0.1) is 0 Å². The van der Waals surface area contributed by atoms with Crippen molar-refractivity contribution in [1.29, 1.82) is 0 Å². The molecule has 7 heteroatoms. The van der Waals surface area contributed by atoms with Crippen molar-refractivity contribution in [3.8, 4) is 0 Å². The van der Waals surface area contributed by atoms with Crippen molar-refractivity contribution in [1.82, 2.24) is 14.8 Å². The van der Waals surface area contributed by atoms with Gasteiger partial charge in [0.2, 0.25) is 5.91 Å². The van der Waals surface area contributed by atoms with Crippen LogP contribution in [0.2, 0.25) is 5.02 Å². The number of aromatic nitrogens is 3. The number of halogens is 1. The molecule has 0 aliphatic heterocycles. The maximum atomic E-state index is 13.5. The largest absolute Gasteiger partial charge is 0.286 e. The highest BCUT2D eigenvalue weighted by Gasteiger charge is 2.21.